The molecule has 0 bridgehead atoms. The SMILES string of the molecule is CCC(C)(C)c1ccc2c(c1)S(=O)(=O)C(C=O)=C(C)N2. The second-order valence-corrected chi connectivity index (χ2v) is 7.57. The van der Waals surface area contributed by atoms with Crippen LogP contribution >= 0.6 is 0 Å². The van der Waals surface area contributed by atoms with Gasteiger partial charge in [-0.25, -0.2) is 8.42 Å². The van der Waals surface area contributed by atoms with Gasteiger partial charge in [0.05, 0.1) is 10.6 Å². The van der Waals surface area contributed by atoms with E-state index in [2.05, 4.69) is 26.1 Å². The number of hydrogen-bond donors (Lipinski definition) is 1. The molecule has 0 atom stereocenters. The Morgan fingerprint density at radius 1 is 1.30 bits per heavy atom. The number of fused-ring (bicyclic) bond motifs is 1. The first-order valence-corrected chi connectivity index (χ1v) is 8.05. The largest absolute Gasteiger partial charge is 0.357 e. The number of rotatable bonds is 3. The fourth-order valence-corrected chi connectivity index (χ4v) is 3.72. The third kappa shape index (κ3) is 2.16. The van der Waals surface area contributed by atoms with Crippen molar-refractivity contribution in [3.8, 4) is 0 Å². The summed E-state index contributed by atoms with van der Waals surface area (Å²) in [5.41, 5.74) is 1.75. The Balaban J connectivity index is 2.68. The predicted octanol–water partition coefficient (Wildman–Crippen LogP) is 3.00. The molecule has 0 spiro atoms. The number of nitrogens with one attached hydrogen (secondary N) is 1. The third-order valence-corrected chi connectivity index (χ3v) is 5.92. The Morgan fingerprint density at radius 3 is 2.50 bits per heavy atom. The minimum atomic E-state index is -3.72. The molecule has 108 valence electrons. The number of carbonyl (C=O) groups is 1. The summed E-state index contributed by atoms with van der Waals surface area (Å²) < 4.78 is 25.0. The predicted molar refractivity (Wildman–Crippen MR) is 79.3 cm³/mol. The molecular weight excluding hydrogens is 274 g/mol. The van der Waals surface area contributed by atoms with Crippen molar-refractivity contribution in [1.29, 1.82) is 0 Å². The highest BCUT2D eigenvalue weighted by atomic mass is 32.2. The summed E-state index contributed by atoms with van der Waals surface area (Å²) in [4.78, 5) is 11.1. The van der Waals surface area contributed by atoms with Crippen LogP contribution in [0.15, 0.2) is 33.7 Å². The monoisotopic (exact) mass is 293 g/mol. The van der Waals surface area contributed by atoms with Crippen molar-refractivity contribution in [2.75, 3.05) is 5.32 Å². The van der Waals surface area contributed by atoms with Crippen molar-refractivity contribution >= 4 is 21.8 Å². The lowest BCUT2D eigenvalue weighted by Gasteiger charge is -2.26. The molecule has 1 aromatic rings. The highest BCUT2D eigenvalue weighted by Gasteiger charge is 2.32. The average Bonchev–Trinajstić information content (AvgIpc) is 2.38. The molecule has 0 amide bonds. The molecule has 4 nitrogen and oxygen atoms in total. The Morgan fingerprint density at radius 2 is 1.95 bits per heavy atom. The zero-order valence-corrected chi connectivity index (χ0v) is 13.0. The standard InChI is InChI=1S/C15H19NO3S/c1-5-15(3,4)11-6-7-12-13(8-11)20(18,19)14(9-17)10(2)16-12/h6-9,16H,5H2,1-4H3. The minimum absolute atomic E-state index is 0.109. The second-order valence-electron chi connectivity index (χ2n) is 5.68. The molecule has 1 aromatic carbocycles. The fourth-order valence-electron chi connectivity index (χ4n) is 2.21. The molecule has 5 heteroatoms. The van der Waals surface area contributed by atoms with Crippen LogP contribution in [0.1, 0.15) is 39.7 Å². The van der Waals surface area contributed by atoms with Crippen molar-refractivity contribution in [3.63, 3.8) is 0 Å². The van der Waals surface area contributed by atoms with Crippen LogP contribution in [0.2, 0.25) is 0 Å². The van der Waals surface area contributed by atoms with Gasteiger partial charge in [-0.05, 0) is 36.5 Å². The van der Waals surface area contributed by atoms with Gasteiger partial charge in [0.2, 0.25) is 9.84 Å². The molecule has 0 aliphatic carbocycles. The maximum atomic E-state index is 12.5. The maximum Gasteiger partial charge on any atom is 0.213 e. The summed E-state index contributed by atoms with van der Waals surface area (Å²) in [6.07, 6.45) is 1.30. The van der Waals surface area contributed by atoms with E-state index in [9.17, 15) is 13.2 Å². The summed E-state index contributed by atoms with van der Waals surface area (Å²) in [5, 5.41) is 2.98. The van der Waals surface area contributed by atoms with Crippen LogP contribution in [-0.4, -0.2) is 14.7 Å². The van der Waals surface area contributed by atoms with E-state index in [0.717, 1.165) is 12.0 Å². The first kappa shape index (κ1) is 14.8. The lowest BCUT2D eigenvalue weighted by atomic mass is 9.82. The molecule has 0 fully saturated rings. The van der Waals surface area contributed by atoms with E-state index in [4.69, 9.17) is 0 Å². The van der Waals surface area contributed by atoms with Gasteiger partial charge in [-0.1, -0.05) is 26.8 Å². The third-order valence-electron chi connectivity index (χ3n) is 4.02. The summed E-state index contributed by atoms with van der Waals surface area (Å²) in [5.74, 6) is 0. The van der Waals surface area contributed by atoms with Crippen molar-refractivity contribution in [1.82, 2.24) is 0 Å². The summed E-state index contributed by atoms with van der Waals surface area (Å²) in [6, 6.07) is 5.38. The highest BCUT2D eigenvalue weighted by Crippen LogP contribution is 2.37. The molecule has 1 aliphatic rings. The smallest absolute Gasteiger partial charge is 0.213 e. The molecule has 0 radical (unpaired) electrons. The molecule has 20 heavy (non-hydrogen) atoms. The molecule has 0 unspecified atom stereocenters. The van der Waals surface area contributed by atoms with Crippen LogP contribution in [0.3, 0.4) is 0 Å². The zero-order chi connectivity index (χ0) is 15.1. The minimum Gasteiger partial charge on any atom is -0.357 e. The van der Waals surface area contributed by atoms with E-state index < -0.39 is 9.84 Å². The van der Waals surface area contributed by atoms with Crippen LogP contribution in [0, 0.1) is 0 Å². The summed E-state index contributed by atoms with van der Waals surface area (Å²) >= 11 is 0. The fraction of sp³-hybridized carbons (Fsp3) is 0.400. The van der Waals surface area contributed by atoms with Gasteiger partial charge in [0, 0.05) is 5.70 Å². The number of sulfone groups is 1. The van der Waals surface area contributed by atoms with Crippen molar-refractivity contribution in [2.45, 2.75) is 44.4 Å². The van der Waals surface area contributed by atoms with Gasteiger partial charge < -0.3 is 5.32 Å². The van der Waals surface area contributed by atoms with Crippen LogP contribution < -0.4 is 5.32 Å². The van der Waals surface area contributed by atoms with Gasteiger partial charge >= 0.3 is 0 Å². The Hall–Kier alpha value is -1.62. The van der Waals surface area contributed by atoms with E-state index in [1.807, 2.05) is 6.07 Å². The molecule has 2 rings (SSSR count). The van der Waals surface area contributed by atoms with Crippen molar-refractivity contribution < 1.29 is 13.2 Å². The summed E-state index contributed by atoms with van der Waals surface area (Å²) in [6.45, 7) is 7.79. The maximum absolute atomic E-state index is 12.5. The topological polar surface area (TPSA) is 63.2 Å². The van der Waals surface area contributed by atoms with E-state index in [1.165, 1.54) is 0 Å². The Bertz CT molecular complexity index is 700. The Labute approximate surface area is 119 Å². The molecule has 1 N–H and O–H groups in total. The zero-order valence-electron chi connectivity index (χ0n) is 12.1. The number of carbonyl (C=O) groups excluding carboxylic acids is 1. The molecule has 0 aromatic heterocycles. The lowest BCUT2D eigenvalue weighted by Crippen LogP contribution is -2.21. The van der Waals surface area contributed by atoms with Crippen LogP contribution in [0.25, 0.3) is 0 Å². The van der Waals surface area contributed by atoms with Crippen molar-refractivity contribution in [3.05, 3.63) is 34.4 Å². The van der Waals surface area contributed by atoms with Gasteiger partial charge in [-0.3, -0.25) is 4.79 Å². The van der Waals surface area contributed by atoms with E-state index >= 15 is 0 Å². The number of anilines is 1. The highest BCUT2D eigenvalue weighted by molar-refractivity contribution is 7.96. The van der Waals surface area contributed by atoms with E-state index in [-0.39, 0.29) is 15.2 Å². The number of hydrogen-bond acceptors (Lipinski definition) is 4. The van der Waals surface area contributed by atoms with Gasteiger partial charge in [0.25, 0.3) is 0 Å². The number of allylic oxidation sites excluding steroid dienone is 2. The number of aldehydes is 1. The van der Waals surface area contributed by atoms with Gasteiger partial charge in [0.1, 0.15) is 4.91 Å². The van der Waals surface area contributed by atoms with Crippen LogP contribution in [-0.2, 0) is 20.0 Å². The second kappa shape index (κ2) is 4.74. The van der Waals surface area contributed by atoms with Crippen LogP contribution in [0.4, 0.5) is 5.69 Å². The molecular formula is C15H19NO3S. The number of benzene rings is 1. The molecule has 1 heterocycles. The normalized spacial score (nSPS) is 17.4. The van der Waals surface area contributed by atoms with Crippen LogP contribution in [0.5, 0.6) is 0 Å². The molecule has 0 saturated heterocycles. The average molecular weight is 293 g/mol. The van der Waals surface area contributed by atoms with E-state index in [1.54, 1.807) is 19.1 Å². The van der Waals surface area contributed by atoms with E-state index in [0.29, 0.717) is 17.7 Å². The first-order valence-electron chi connectivity index (χ1n) is 6.56. The van der Waals surface area contributed by atoms with Gasteiger partial charge in [-0.15, -0.1) is 0 Å². The van der Waals surface area contributed by atoms with Gasteiger partial charge in [0.15, 0.2) is 6.29 Å². The lowest BCUT2D eigenvalue weighted by molar-refractivity contribution is -0.104. The summed E-state index contributed by atoms with van der Waals surface area (Å²) in [7, 11) is -3.72. The molecule has 0 saturated carbocycles. The quantitative estimate of drug-likeness (QED) is 0.870. The van der Waals surface area contributed by atoms with Gasteiger partial charge in [-0.2, -0.15) is 0 Å². The van der Waals surface area contributed by atoms with Crippen molar-refractivity contribution in [2.24, 2.45) is 0 Å². The first-order chi connectivity index (χ1) is 9.24. The Kier molecular flexibility index (Phi) is 3.50. The molecule has 1 aliphatic heterocycles.